The molecule has 220 valence electrons. The molecule has 1 atom stereocenters. The van der Waals surface area contributed by atoms with E-state index >= 15 is 4.39 Å². The van der Waals surface area contributed by atoms with Gasteiger partial charge in [0.15, 0.2) is 11.6 Å². The minimum atomic E-state index is -4.97. The van der Waals surface area contributed by atoms with Gasteiger partial charge in [0.25, 0.3) is 10.0 Å². The van der Waals surface area contributed by atoms with Gasteiger partial charge in [-0.25, -0.2) is 17.6 Å². The molecule has 3 rings (SSSR count). The number of nitrogens with zero attached hydrogens (tertiary/aromatic N) is 1. The van der Waals surface area contributed by atoms with E-state index in [4.69, 9.17) is 9.84 Å². The van der Waals surface area contributed by atoms with E-state index in [0.29, 0.717) is 36.4 Å². The Morgan fingerprint density at radius 2 is 1.77 bits per heavy atom. The van der Waals surface area contributed by atoms with Crippen LogP contribution in [0.1, 0.15) is 32.3 Å². The Labute approximate surface area is 222 Å². The van der Waals surface area contributed by atoms with Crippen molar-refractivity contribution < 1.29 is 63.3 Å². The molecule has 0 saturated heterocycles. The van der Waals surface area contributed by atoms with E-state index in [1.807, 2.05) is 5.32 Å². The van der Waals surface area contributed by atoms with Crippen LogP contribution in [0, 0.1) is 5.82 Å². The summed E-state index contributed by atoms with van der Waals surface area (Å²) in [6.07, 6.45) is -13.7. The predicted molar refractivity (Wildman–Crippen MR) is 124 cm³/mol. The summed E-state index contributed by atoms with van der Waals surface area (Å²) in [5.74, 6) is -3.35. The van der Waals surface area contributed by atoms with E-state index in [9.17, 15) is 44.3 Å². The van der Waals surface area contributed by atoms with E-state index in [0.717, 1.165) is 18.2 Å². The van der Waals surface area contributed by atoms with Crippen molar-refractivity contribution in [2.75, 3.05) is 16.2 Å². The zero-order chi connectivity index (χ0) is 30.3. The first-order valence-electron chi connectivity index (χ1n) is 11.2. The molecule has 1 aliphatic rings. The lowest BCUT2D eigenvalue weighted by Crippen LogP contribution is -2.44. The smallest absolute Gasteiger partial charge is 0.427 e. The molecule has 1 aliphatic heterocycles. The van der Waals surface area contributed by atoms with Crippen LogP contribution >= 0.6 is 0 Å². The highest BCUT2D eigenvalue weighted by Gasteiger charge is 2.51. The highest BCUT2D eigenvalue weighted by molar-refractivity contribution is 7.92. The lowest BCUT2D eigenvalue weighted by atomic mass is 10.1. The summed E-state index contributed by atoms with van der Waals surface area (Å²) >= 11 is 0. The third kappa shape index (κ3) is 6.68. The minimum absolute atomic E-state index is 0.318. The first kappa shape index (κ1) is 30.8. The number of halogens is 7. The maximum Gasteiger partial charge on any atom is 0.427 e. The Morgan fingerprint density at radius 1 is 1.12 bits per heavy atom. The summed E-state index contributed by atoms with van der Waals surface area (Å²) < 4.78 is 131. The second-order valence-corrected chi connectivity index (χ2v) is 10.9. The highest BCUT2D eigenvalue weighted by atomic mass is 32.2. The highest BCUT2D eigenvalue weighted by Crippen LogP contribution is 2.42. The molecule has 17 heteroatoms. The molecule has 0 aromatic heterocycles. The average molecular weight is 602 g/mol. The Hall–Kier alpha value is -3.76. The van der Waals surface area contributed by atoms with Crippen molar-refractivity contribution in [3.63, 3.8) is 0 Å². The molecule has 1 heterocycles. The van der Waals surface area contributed by atoms with E-state index in [2.05, 4.69) is 4.74 Å². The fraction of sp³-hybridized carbons (Fsp3) is 0.391. The predicted octanol–water partition coefficient (Wildman–Crippen LogP) is 5.56. The number of aliphatic carboxylic acids is 1. The number of rotatable bonds is 7. The molecule has 40 heavy (non-hydrogen) atoms. The van der Waals surface area contributed by atoms with Crippen molar-refractivity contribution in [2.24, 2.45) is 0 Å². The number of nitrogens with one attached hydrogen (secondary N) is 1. The summed E-state index contributed by atoms with van der Waals surface area (Å²) in [5.41, 5.74) is -5.45. The number of alkyl halides is 6. The molecule has 0 aliphatic carbocycles. The fourth-order valence-electron chi connectivity index (χ4n) is 3.50. The molecule has 1 amide bonds. The van der Waals surface area contributed by atoms with E-state index in [1.54, 1.807) is 0 Å². The van der Waals surface area contributed by atoms with Gasteiger partial charge in [-0.05, 0) is 44.5 Å². The van der Waals surface area contributed by atoms with Crippen molar-refractivity contribution >= 4 is 33.5 Å². The number of benzene rings is 2. The largest absolute Gasteiger partial charge is 0.483 e. The number of carbonyl (C=O) groups excluding carboxylic acids is 1. The van der Waals surface area contributed by atoms with Crippen molar-refractivity contribution in [1.82, 2.24) is 0 Å². The van der Waals surface area contributed by atoms with E-state index in [1.165, 1.54) is 0 Å². The number of amides is 1. The van der Waals surface area contributed by atoms with Gasteiger partial charge in [0.2, 0.25) is 5.60 Å². The van der Waals surface area contributed by atoms with E-state index in [-0.39, 0.29) is 6.42 Å². The molecule has 2 aromatic rings. The van der Waals surface area contributed by atoms with Crippen molar-refractivity contribution in [2.45, 2.75) is 55.6 Å². The second-order valence-electron chi connectivity index (χ2n) is 9.06. The van der Waals surface area contributed by atoms with Gasteiger partial charge in [-0.1, -0.05) is 6.07 Å². The first-order chi connectivity index (χ1) is 18.2. The monoisotopic (exact) mass is 602 g/mol. The van der Waals surface area contributed by atoms with Gasteiger partial charge in [-0.15, -0.1) is 0 Å². The quantitative estimate of drug-likeness (QED) is 0.398. The van der Waals surface area contributed by atoms with Crippen LogP contribution in [0.3, 0.4) is 0 Å². The number of carboxylic acids is 1. The lowest BCUT2D eigenvalue weighted by molar-refractivity contribution is -0.242. The number of carbonyl (C=O) groups is 2. The van der Waals surface area contributed by atoms with Crippen LogP contribution in [0.25, 0.3) is 0 Å². The summed E-state index contributed by atoms with van der Waals surface area (Å²) in [5, 5.41) is 10.8. The van der Waals surface area contributed by atoms with Crippen LogP contribution in [-0.4, -0.2) is 50.0 Å². The Kier molecular flexibility index (Phi) is 8.21. The molecular weight excluding hydrogens is 581 g/mol. The molecule has 0 fully saturated rings. The fourth-order valence-corrected chi connectivity index (χ4v) is 5.03. The molecule has 1 unspecified atom stereocenters. The molecule has 9 nitrogen and oxygen atoms in total. The van der Waals surface area contributed by atoms with Crippen LogP contribution in [0.5, 0.6) is 5.75 Å². The first-order valence-corrected chi connectivity index (χ1v) is 12.6. The zero-order valence-electron chi connectivity index (χ0n) is 20.6. The van der Waals surface area contributed by atoms with Gasteiger partial charge >= 0.3 is 24.4 Å². The molecule has 0 spiro atoms. The van der Waals surface area contributed by atoms with Gasteiger partial charge in [0, 0.05) is 18.2 Å². The molecule has 2 N–H and O–H groups in total. The number of fused-ring (bicyclic) bond motifs is 1. The molecule has 2 aromatic carbocycles. The van der Waals surface area contributed by atoms with Crippen LogP contribution in [-0.2, 0) is 25.7 Å². The van der Waals surface area contributed by atoms with Crippen LogP contribution < -0.4 is 14.4 Å². The number of hydrogen-bond donors (Lipinski definition) is 2. The van der Waals surface area contributed by atoms with Crippen molar-refractivity contribution in [1.29, 1.82) is 0 Å². The third-order valence-electron chi connectivity index (χ3n) is 5.65. The number of carboxylic acid groups (broad SMARTS) is 1. The number of anilines is 2. The van der Waals surface area contributed by atoms with Gasteiger partial charge in [-0.2, -0.15) is 26.3 Å². The van der Waals surface area contributed by atoms with Gasteiger partial charge in [0.1, 0.15) is 6.10 Å². The Balaban J connectivity index is 2.06. The third-order valence-corrected chi connectivity index (χ3v) is 7.43. The topological polar surface area (TPSA) is 122 Å². The van der Waals surface area contributed by atoms with Gasteiger partial charge in [-0.3, -0.25) is 14.4 Å². The number of ether oxygens (including phenoxy) is 2. The standard InChI is InChI=1S/C23H21F7N2O7S/c1-21(2,23(28,29)30)39-20(35)31-13-9-16(24)19-17(10-13)32(11-14(38-19)6-7-18(33)34)40(36,37)15-5-3-4-12(8-15)22(25,26)27/h3-5,8-10,14H,6-7,11H2,1-2H3,(H,31,35)(H,33,34). The van der Waals surface area contributed by atoms with Crippen LogP contribution in [0.2, 0.25) is 0 Å². The van der Waals surface area contributed by atoms with Gasteiger partial charge in [0.05, 0.1) is 22.7 Å². The molecular formula is C23H21F7N2O7S. The Bertz CT molecular complexity index is 1410. The van der Waals surface area contributed by atoms with Crippen LogP contribution in [0.15, 0.2) is 41.3 Å². The summed E-state index contributed by atoms with van der Waals surface area (Å²) in [4.78, 5) is 22.3. The molecule has 0 radical (unpaired) electrons. The summed E-state index contributed by atoms with van der Waals surface area (Å²) in [6, 6.07) is 4.02. The average Bonchev–Trinajstić information content (AvgIpc) is 2.81. The number of sulfonamides is 1. The van der Waals surface area contributed by atoms with Crippen LogP contribution in [0.4, 0.5) is 46.9 Å². The molecule has 0 saturated carbocycles. The molecule has 0 bridgehead atoms. The van der Waals surface area contributed by atoms with Crippen molar-refractivity contribution in [3.05, 3.63) is 47.8 Å². The maximum atomic E-state index is 15.1. The van der Waals surface area contributed by atoms with E-state index < -0.39 is 92.5 Å². The minimum Gasteiger partial charge on any atom is -0.483 e. The summed E-state index contributed by atoms with van der Waals surface area (Å²) in [6.45, 7) is 0.427. The maximum absolute atomic E-state index is 15.1. The second kappa shape index (κ2) is 10.7. The number of hydrogen-bond acceptors (Lipinski definition) is 6. The Morgan fingerprint density at radius 3 is 2.35 bits per heavy atom. The zero-order valence-corrected chi connectivity index (χ0v) is 21.4. The van der Waals surface area contributed by atoms with Gasteiger partial charge < -0.3 is 14.6 Å². The van der Waals surface area contributed by atoms with Crippen molar-refractivity contribution in [3.8, 4) is 5.75 Å². The SMILES string of the molecule is CC(C)(OC(=O)Nc1cc(F)c2c(c1)N(S(=O)(=O)c1cccc(C(F)(F)F)c1)CC(CCC(=O)O)O2)C(F)(F)F. The summed E-state index contributed by atoms with van der Waals surface area (Å²) in [7, 11) is -4.89. The lowest BCUT2D eigenvalue weighted by Gasteiger charge is -2.36. The normalized spacial score (nSPS) is 16.1.